The van der Waals surface area contributed by atoms with Gasteiger partial charge < -0.3 is 9.73 Å². The van der Waals surface area contributed by atoms with Crippen molar-refractivity contribution in [2.24, 2.45) is 0 Å². The van der Waals surface area contributed by atoms with Crippen LogP contribution >= 0.6 is 11.8 Å². The van der Waals surface area contributed by atoms with E-state index in [4.69, 9.17) is 4.42 Å². The van der Waals surface area contributed by atoms with E-state index in [1.807, 2.05) is 0 Å². The van der Waals surface area contributed by atoms with Crippen molar-refractivity contribution in [1.29, 1.82) is 0 Å². The summed E-state index contributed by atoms with van der Waals surface area (Å²) in [5, 5.41) is 4.31. The lowest BCUT2D eigenvalue weighted by Gasteiger charge is -2.21. The summed E-state index contributed by atoms with van der Waals surface area (Å²) in [5.74, 6) is 3.49. The molecule has 0 radical (unpaired) electrons. The molecule has 90 valence electrons. The van der Waals surface area contributed by atoms with Gasteiger partial charge in [0, 0.05) is 18.2 Å². The second kappa shape index (κ2) is 6.36. The molecule has 2 rings (SSSR count). The molecule has 0 spiro atoms. The molecular weight excluding hydrogens is 218 g/mol. The lowest BCUT2D eigenvalue weighted by Crippen LogP contribution is -2.26. The quantitative estimate of drug-likeness (QED) is 0.854. The maximum atomic E-state index is 5.65. The Morgan fingerprint density at radius 3 is 2.94 bits per heavy atom. The molecule has 1 N–H and O–H groups in total. The van der Waals surface area contributed by atoms with Crippen LogP contribution in [0.5, 0.6) is 0 Å². The van der Waals surface area contributed by atoms with E-state index in [1.54, 1.807) is 0 Å². The molecule has 0 amide bonds. The summed E-state index contributed by atoms with van der Waals surface area (Å²) < 4.78 is 5.65. The van der Waals surface area contributed by atoms with E-state index >= 15 is 0 Å². The molecule has 2 heterocycles. The SMILES string of the molecule is CCc1ccc(CNCC2CCCCS2)o1. The summed E-state index contributed by atoms with van der Waals surface area (Å²) in [6, 6.07) is 4.16. The van der Waals surface area contributed by atoms with Crippen molar-refractivity contribution in [3.63, 3.8) is 0 Å². The highest BCUT2D eigenvalue weighted by atomic mass is 32.2. The monoisotopic (exact) mass is 239 g/mol. The van der Waals surface area contributed by atoms with Crippen LogP contribution in [0.3, 0.4) is 0 Å². The average molecular weight is 239 g/mol. The molecule has 0 saturated carbocycles. The predicted octanol–water partition coefficient (Wildman–Crippen LogP) is 3.22. The zero-order valence-electron chi connectivity index (χ0n) is 10.00. The molecule has 1 aromatic rings. The zero-order valence-corrected chi connectivity index (χ0v) is 10.8. The largest absolute Gasteiger partial charge is 0.465 e. The molecule has 1 fully saturated rings. The van der Waals surface area contributed by atoms with Crippen molar-refractivity contribution in [3.8, 4) is 0 Å². The number of nitrogens with one attached hydrogen (secondary N) is 1. The number of furan rings is 1. The van der Waals surface area contributed by atoms with Crippen molar-refractivity contribution in [3.05, 3.63) is 23.7 Å². The molecule has 0 aliphatic carbocycles. The third-order valence-electron chi connectivity index (χ3n) is 3.01. The highest BCUT2D eigenvalue weighted by molar-refractivity contribution is 7.99. The van der Waals surface area contributed by atoms with Gasteiger partial charge in [0.15, 0.2) is 0 Å². The first kappa shape index (κ1) is 12.1. The van der Waals surface area contributed by atoms with Gasteiger partial charge in [0.2, 0.25) is 0 Å². The Bertz CT molecular complexity index is 305. The Kier molecular flexibility index (Phi) is 4.79. The molecule has 1 aliphatic heterocycles. The van der Waals surface area contributed by atoms with Crippen molar-refractivity contribution in [1.82, 2.24) is 5.32 Å². The molecule has 2 nitrogen and oxygen atoms in total. The summed E-state index contributed by atoms with van der Waals surface area (Å²) in [6.07, 6.45) is 5.16. The standard InChI is InChI=1S/C13H21NOS/c1-2-11-6-7-12(15-11)9-14-10-13-5-3-4-8-16-13/h6-7,13-14H,2-5,8-10H2,1H3. The van der Waals surface area contributed by atoms with E-state index in [1.165, 1.54) is 25.0 Å². The predicted molar refractivity (Wildman–Crippen MR) is 69.9 cm³/mol. The van der Waals surface area contributed by atoms with Gasteiger partial charge in [0.25, 0.3) is 0 Å². The van der Waals surface area contributed by atoms with Crippen LogP contribution < -0.4 is 5.32 Å². The lowest BCUT2D eigenvalue weighted by molar-refractivity contribution is 0.448. The Hall–Kier alpha value is -0.410. The molecular formula is C13H21NOS. The summed E-state index contributed by atoms with van der Waals surface area (Å²) in [5.41, 5.74) is 0. The van der Waals surface area contributed by atoms with Gasteiger partial charge in [-0.25, -0.2) is 0 Å². The Balaban J connectivity index is 1.66. The van der Waals surface area contributed by atoms with E-state index in [2.05, 4.69) is 36.1 Å². The van der Waals surface area contributed by atoms with Crippen LogP contribution in [0.2, 0.25) is 0 Å². The minimum Gasteiger partial charge on any atom is -0.465 e. The fourth-order valence-corrected chi connectivity index (χ4v) is 3.31. The van der Waals surface area contributed by atoms with Crippen LogP contribution in [0.25, 0.3) is 0 Å². The second-order valence-electron chi connectivity index (χ2n) is 4.34. The maximum absolute atomic E-state index is 5.65. The van der Waals surface area contributed by atoms with E-state index in [-0.39, 0.29) is 0 Å². The third-order valence-corrected chi connectivity index (χ3v) is 4.41. The molecule has 16 heavy (non-hydrogen) atoms. The fourth-order valence-electron chi connectivity index (χ4n) is 2.03. The Labute approximate surface area is 102 Å². The zero-order chi connectivity index (χ0) is 11.2. The minimum absolute atomic E-state index is 0.814. The summed E-state index contributed by atoms with van der Waals surface area (Å²) in [4.78, 5) is 0. The third kappa shape index (κ3) is 3.56. The molecule has 1 aliphatic rings. The summed E-state index contributed by atoms with van der Waals surface area (Å²) in [6.45, 7) is 4.11. The molecule has 1 unspecified atom stereocenters. The first-order valence-corrected chi connectivity index (χ1v) is 7.33. The summed E-state index contributed by atoms with van der Waals surface area (Å²) in [7, 11) is 0. The molecule has 1 atom stereocenters. The van der Waals surface area contributed by atoms with Crippen LogP contribution in [-0.4, -0.2) is 17.5 Å². The van der Waals surface area contributed by atoms with Crippen molar-refractivity contribution in [2.75, 3.05) is 12.3 Å². The van der Waals surface area contributed by atoms with Gasteiger partial charge in [0.1, 0.15) is 11.5 Å². The molecule has 3 heteroatoms. The van der Waals surface area contributed by atoms with Gasteiger partial charge in [-0.15, -0.1) is 0 Å². The van der Waals surface area contributed by atoms with E-state index in [0.29, 0.717) is 0 Å². The molecule has 1 saturated heterocycles. The molecule has 0 bridgehead atoms. The van der Waals surface area contributed by atoms with Crippen molar-refractivity contribution in [2.45, 2.75) is 44.4 Å². The average Bonchev–Trinajstić information content (AvgIpc) is 2.78. The smallest absolute Gasteiger partial charge is 0.117 e. The summed E-state index contributed by atoms with van der Waals surface area (Å²) >= 11 is 2.11. The molecule has 1 aromatic heterocycles. The fraction of sp³-hybridized carbons (Fsp3) is 0.692. The van der Waals surface area contributed by atoms with Crippen LogP contribution in [0.4, 0.5) is 0 Å². The number of rotatable bonds is 5. The normalized spacial score (nSPS) is 21.2. The highest BCUT2D eigenvalue weighted by Gasteiger charge is 2.13. The van der Waals surface area contributed by atoms with Crippen LogP contribution in [0.1, 0.15) is 37.7 Å². The topological polar surface area (TPSA) is 25.2 Å². The van der Waals surface area contributed by atoms with E-state index < -0.39 is 0 Å². The van der Waals surface area contributed by atoms with Gasteiger partial charge in [0.05, 0.1) is 6.54 Å². The minimum atomic E-state index is 0.814. The van der Waals surface area contributed by atoms with Crippen molar-refractivity contribution < 1.29 is 4.42 Å². The highest BCUT2D eigenvalue weighted by Crippen LogP contribution is 2.24. The number of hydrogen-bond acceptors (Lipinski definition) is 3. The first-order chi connectivity index (χ1) is 7.88. The van der Waals surface area contributed by atoms with Gasteiger partial charge in [-0.2, -0.15) is 11.8 Å². The Morgan fingerprint density at radius 2 is 2.25 bits per heavy atom. The number of aryl methyl sites for hydroxylation is 1. The first-order valence-electron chi connectivity index (χ1n) is 6.28. The van der Waals surface area contributed by atoms with Gasteiger partial charge >= 0.3 is 0 Å². The lowest BCUT2D eigenvalue weighted by atomic mass is 10.2. The maximum Gasteiger partial charge on any atom is 0.117 e. The van der Waals surface area contributed by atoms with E-state index in [9.17, 15) is 0 Å². The van der Waals surface area contributed by atoms with Gasteiger partial charge in [-0.1, -0.05) is 13.3 Å². The van der Waals surface area contributed by atoms with Crippen molar-refractivity contribution >= 4 is 11.8 Å². The van der Waals surface area contributed by atoms with Crippen LogP contribution in [0, 0.1) is 0 Å². The number of hydrogen-bond donors (Lipinski definition) is 1. The van der Waals surface area contributed by atoms with Crippen LogP contribution in [-0.2, 0) is 13.0 Å². The van der Waals surface area contributed by atoms with Gasteiger partial charge in [-0.05, 0) is 30.7 Å². The van der Waals surface area contributed by atoms with E-state index in [0.717, 1.165) is 36.3 Å². The Morgan fingerprint density at radius 1 is 1.38 bits per heavy atom. The second-order valence-corrected chi connectivity index (χ2v) is 5.75. The number of thioether (sulfide) groups is 1. The molecule has 0 aromatic carbocycles. The van der Waals surface area contributed by atoms with Crippen LogP contribution in [0.15, 0.2) is 16.5 Å². The van der Waals surface area contributed by atoms with Gasteiger partial charge in [-0.3, -0.25) is 0 Å².